The molecule has 0 radical (unpaired) electrons. The molecule has 0 aromatic heterocycles. The molecule has 0 bridgehead atoms. The molecule has 2 aliphatic heterocycles. The Bertz CT molecular complexity index is 466. The van der Waals surface area contributed by atoms with Crippen LogP contribution in [-0.4, -0.2) is 60.6 Å². The number of nitrogens with zero attached hydrogens (tertiary/aromatic N) is 3. The van der Waals surface area contributed by atoms with Crippen LogP contribution in [0.1, 0.15) is 20.8 Å². The van der Waals surface area contributed by atoms with Crippen molar-refractivity contribution in [2.45, 2.75) is 32.4 Å². The lowest BCUT2D eigenvalue weighted by Gasteiger charge is -2.53. The van der Waals surface area contributed by atoms with Gasteiger partial charge in [-0.25, -0.2) is 4.39 Å². The zero-order chi connectivity index (χ0) is 15.0. The van der Waals surface area contributed by atoms with Crippen molar-refractivity contribution < 1.29 is 4.39 Å². The van der Waals surface area contributed by atoms with Crippen LogP contribution in [0.25, 0.3) is 0 Å². The molecule has 0 amide bonds. The SMILES string of the molecule is CC(C)(C)N1CC(N2CCN(c3ccc(F)cc3)CC2)C1. The van der Waals surface area contributed by atoms with Gasteiger partial charge in [-0.1, -0.05) is 0 Å². The number of likely N-dealkylation sites (tertiary alicyclic amines) is 1. The van der Waals surface area contributed by atoms with Crippen molar-refractivity contribution in [2.75, 3.05) is 44.2 Å². The molecular formula is C17H26FN3. The van der Waals surface area contributed by atoms with E-state index in [1.807, 2.05) is 12.1 Å². The van der Waals surface area contributed by atoms with Gasteiger partial charge in [0.1, 0.15) is 5.82 Å². The van der Waals surface area contributed by atoms with Gasteiger partial charge in [0.2, 0.25) is 0 Å². The normalized spacial score (nSPS) is 22.4. The fraction of sp³-hybridized carbons (Fsp3) is 0.647. The molecule has 0 spiro atoms. The summed E-state index contributed by atoms with van der Waals surface area (Å²) < 4.78 is 13.0. The molecule has 21 heavy (non-hydrogen) atoms. The third-order valence-electron chi connectivity index (χ3n) is 4.83. The molecule has 3 rings (SSSR count). The summed E-state index contributed by atoms with van der Waals surface area (Å²) in [5.74, 6) is -0.158. The van der Waals surface area contributed by atoms with E-state index in [0.717, 1.165) is 37.9 Å². The van der Waals surface area contributed by atoms with E-state index in [4.69, 9.17) is 0 Å². The zero-order valence-electron chi connectivity index (χ0n) is 13.3. The average Bonchev–Trinajstić information content (AvgIpc) is 2.37. The van der Waals surface area contributed by atoms with E-state index < -0.39 is 0 Å². The molecule has 0 N–H and O–H groups in total. The third kappa shape index (κ3) is 3.22. The lowest BCUT2D eigenvalue weighted by Crippen LogP contribution is -2.66. The Kier molecular flexibility index (Phi) is 3.93. The Balaban J connectivity index is 1.49. The standard InChI is InChI=1S/C17H26FN3/c1-17(2,3)21-12-16(13-21)20-10-8-19(9-11-20)15-6-4-14(18)5-7-15/h4-7,16H,8-13H2,1-3H3. The number of benzene rings is 1. The highest BCUT2D eigenvalue weighted by molar-refractivity contribution is 5.46. The molecule has 116 valence electrons. The van der Waals surface area contributed by atoms with Crippen molar-refractivity contribution in [3.05, 3.63) is 30.1 Å². The maximum absolute atomic E-state index is 13.0. The second-order valence-electron chi connectivity index (χ2n) is 7.23. The van der Waals surface area contributed by atoms with Crippen LogP contribution in [0.2, 0.25) is 0 Å². The minimum Gasteiger partial charge on any atom is -0.369 e. The fourth-order valence-corrected chi connectivity index (χ4v) is 3.23. The lowest BCUT2D eigenvalue weighted by molar-refractivity contribution is -0.0237. The molecule has 2 aliphatic rings. The van der Waals surface area contributed by atoms with Crippen LogP contribution in [0.5, 0.6) is 0 Å². The average molecular weight is 291 g/mol. The van der Waals surface area contributed by atoms with E-state index in [2.05, 4.69) is 35.5 Å². The van der Waals surface area contributed by atoms with Gasteiger partial charge in [-0.3, -0.25) is 9.80 Å². The molecule has 4 heteroatoms. The largest absolute Gasteiger partial charge is 0.369 e. The van der Waals surface area contributed by atoms with Crippen LogP contribution in [0.4, 0.5) is 10.1 Å². The molecule has 0 saturated carbocycles. The van der Waals surface area contributed by atoms with Crippen molar-refractivity contribution in [3.63, 3.8) is 0 Å². The smallest absolute Gasteiger partial charge is 0.123 e. The zero-order valence-corrected chi connectivity index (χ0v) is 13.3. The van der Waals surface area contributed by atoms with Gasteiger partial charge in [0.05, 0.1) is 0 Å². The van der Waals surface area contributed by atoms with Crippen molar-refractivity contribution >= 4 is 5.69 Å². The Morgan fingerprint density at radius 2 is 1.52 bits per heavy atom. The molecule has 2 saturated heterocycles. The van der Waals surface area contributed by atoms with Gasteiger partial charge in [-0.15, -0.1) is 0 Å². The predicted molar refractivity (Wildman–Crippen MR) is 85.3 cm³/mol. The minimum atomic E-state index is -0.158. The molecule has 1 aromatic carbocycles. The Morgan fingerprint density at radius 3 is 2.05 bits per heavy atom. The molecule has 1 aromatic rings. The Labute approximate surface area is 127 Å². The molecular weight excluding hydrogens is 265 g/mol. The Hall–Kier alpha value is -1.13. The van der Waals surface area contributed by atoms with Crippen molar-refractivity contribution in [3.8, 4) is 0 Å². The monoisotopic (exact) mass is 291 g/mol. The molecule has 0 aliphatic carbocycles. The summed E-state index contributed by atoms with van der Waals surface area (Å²) in [6.07, 6.45) is 0. The topological polar surface area (TPSA) is 9.72 Å². The summed E-state index contributed by atoms with van der Waals surface area (Å²) in [4.78, 5) is 7.52. The van der Waals surface area contributed by atoms with E-state index in [1.165, 1.54) is 13.1 Å². The van der Waals surface area contributed by atoms with E-state index in [0.29, 0.717) is 5.54 Å². The number of rotatable bonds is 2. The lowest BCUT2D eigenvalue weighted by atomic mass is 9.96. The van der Waals surface area contributed by atoms with E-state index in [-0.39, 0.29) is 5.82 Å². The molecule has 3 nitrogen and oxygen atoms in total. The molecule has 2 fully saturated rings. The van der Waals surface area contributed by atoms with Crippen molar-refractivity contribution in [2.24, 2.45) is 0 Å². The molecule has 0 unspecified atom stereocenters. The predicted octanol–water partition coefficient (Wildman–Crippen LogP) is 2.43. The van der Waals surface area contributed by atoms with Gasteiger partial charge < -0.3 is 4.90 Å². The van der Waals surface area contributed by atoms with Crippen molar-refractivity contribution in [1.82, 2.24) is 9.80 Å². The van der Waals surface area contributed by atoms with Crippen LogP contribution in [-0.2, 0) is 0 Å². The highest BCUT2D eigenvalue weighted by Gasteiger charge is 2.38. The number of anilines is 1. The second-order valence-corrected chi connectivity index (χ2v) is 7.23. The Morgan fingerprint density at radius 1 is 0.952 bits per heavy atom. The highest BCUT2D eigenvalue weighted by atomic mass is 19.1. The summed E-state index contributed by atoms with van der Waals surface area (Å²) in [6.45, 7) is 13.6. The summed E-state index contributed by atoms with van der Waals surface area (Å²) >= 11 is 0. The van der Waals surface area contributed by atoms with Crippen LogP contribution >= 0.6 is 0 Å². The summed E-state index contributed by atoms with van der Waals surface area (Å²) in [5.41, 5.74) is 1.44. The van der Waals surface area contributed by atoms with E-state index >= 15 is 0 Å². The number of halogens is 1. The van der Waals surface area contributed by atoms with Crippen molar-refractivity contribution in [1.29, 1.82) is 0 Å². The first-order chi connectivity index (χ1) is 9.93. The van der Waals surface area contributed by atoms with E-state index in [1.54, 1.807) is 12.1 Å². The summed E-state index contributed by atoms with van der Waals surface area (Å²) in [6, 6.07) is 7.59. The highest BCUT2D eigenvalue weighted by Crippen LogP contribution is 2.26. The maximum atomic E-state index is 13.0. The van der Waals surface area contributed by atoms with Gasteiger partial charge >= 0.3 is 0 Å². The van der Waals surface area contributed by atoms with Crippen LogP contribution in [0, 0.1) is 5.82 Å². The van der Waals surface area contributed by atoms with E-state index in [9.17, 15) is 4.39 Å². The van der Waals surface area contributed by atoms with Gasteiger partial charge in [-0.05, 0) is 45.0 Å². The first-order valence-corrected chi connectivity index (χ1v) is 7.93. The van der Waals surface area contributed by atoms with Gasteiger partial charge in [0, 0.05) is 56.5 Å². The number of piperazine rings is 1. The van der Waals surface area contributed by atoms with Crippen LogP contribution in [0.3, 0.4) is 0 Å². The summed E-state index contributed by atoms with van der Waals surface area (Å²) in [7, 11) is 0. The van der Waals surface area contributed by atoms with Gasteiger partial charge in [0.25, 0.3) is 0 Å². The fourth-order valence-electron chi connectivity index (χ4n) is 3.23. The molecule has 0 atom stereocenters. The quantitative estimate of drug-likeness (QED) is 0.828. The van der Waals surface area contributed by atoms with Gasteiger partial charge in [0.15, 0.2) is 0 Å². The first kappa shape index (κ1) is 14.8. The van der Waals surface area contributed by atoms with Gasteiger partial charge in [-0.2, -0.15) is 0 Å². The molecule has 2 heterocycles. The minimum absolute atomic E-state index is 0.158. The maximum Gasteiger partial charge on any atom is 0.123 e. The summed E-state index contributed by atoms with van der Waals surface area (Å²) in [5, 5.41) is 0. The second kappa shape index (κ2) is 5.58. The number of hydrogen-bond acceptors (Lipinski definition) is 3. The number of hydrogen-bond donors (Lipinski definition) is 0. The van der Waals surface area contributed by atoms with Crippen LogP contribution < -0.4 is 4.90 Å². The van der Waals surface area contributed by atoms with Crippen LogP contribution in [0.15, 0.2) is 24.3 Å². The third-order valence-corrected chi connectivity index (χ3v) is 4.83. The first-order valence-electron chi connectivity index (χ1n) is 7.93.